The van der Waals surface area contributed by atoms with Gasteiger partial charge in [-0.1, -0.05) is 11.8 Å². The van der Waals surface area contributed by atoms with Crippen LogP contribution in [0.2, 0.25) is 0 Å². The zero-order chi connectivity index (χ0) is 9.02. The summed E-state index contributed by atoms with van der Waals surface area (Å²) in [5, 5.41) is -0.370. The van der Waals surface area contributed by atoms with Crippen LogP contribution in [0.25, 0.3) is 0 Å². The third-order valence-corrected chi connectivity index (χ3v) is 1.89. The van der Waals surface area contributed by atoms with Crippen molar-refractivity contribution in [3.8, 4) is 0 Å². The Morgan fingerprint density at radius 2 is 1.45 bits per heavy atom. The molecule has 0 atom stereocenters. The Morgan fingerprint density at radius 3 is 1.55 bits per heavy atom. The second kappa shape index (κ2) is 4.28. The molecular weight excluding hydrogens is 164 g/mol. The molecule has 0 aliphatic heterocycles. The van der Waals surface area contributed by atoms with E-state index >= 15 is 0 Å². The molecule has 0 aliphatic carbocycles. The molecule has 11 heavy (non-hydrogen) atoms. The number of rotatable bonds is 3. The molecule has 0 heterocycles. The summed E-state index contributed by atoms with van der Waals surface area (Å²) in [7, 11) is 0. The second-order valence-corrected chi connectivity index (χ2v) is 2.99. The van der Waals surface area contributed by atoms with Crippen molar-refractivity contribution in [2.75, 3.05) is 6.26 Å². The molecule has 0 aromatic rings. The van der Waals surface area contributed by atoms with Gasteiger partial charge in [-0.05, 0) is 20.1 Å². The van der Waals surface area contributed by atoms with Gasteiger partial charge in [0, 0.05) is 0 Å². The van der Waals surface area contributed by atoms with Crippen molar-refractivity contribution in [3.05, 3.63) is 0 Å². The Bertz CT molecular complexity index is 184. The van der Waals surface area contributed by atoms with Crippen molar-refractivity contribution in [1.82, 2.24) is 0 Å². The molecule has 0 radical (unpaired) electrons. The normalized spacial score (nSPS) is 9.82. The summed E-state index contributed by atoms with van der Waals surface area (Å²) in [6, 6.07) is 0. The molecule has 0 amide bonds. The van der Waals surface area contributed by atoms with E-state index in [1.165, 1.54) is 13.8 Å². The predicted molar refractivity (Wildman–Crippen MR) is 43.4 cm³/mol. The van der Waals surface area contributed by atoms with Crippen LogP contribution in [0.4, 0.5) is 0 Å². The van der Waals surface area contributed by atoms with Crippen LogP contribution < -0.4 is 0 Å². The van der Waals surface area contributed by atoms with Crippen LogP contribution >= 0.6 is 11.8 Å². The highest BCUT2D eigenvalue weighted by Crippen LogP contribution is 2.10. The fourth-order valence-corrected chi connectivity index (χ4v) is 1.30. The van der Waals surface area contributed by atoms with Gasteiger partial charge < -0.3 is 0 Å². The molecule has 0 fully saturated rings. The maximum Gasteiger partial charge on any atom is 0.206 e. The summed E-state index contributed by atoms with van der Waals surface area (Å²) in [5.41, 5.74) is 0. The number of carbonyl (C=O) groups excluding carboxylic acids is 3. The smallest absolute Gasteiger partial charge is 0.206 e. The lowest BCUT2D eigenvalue weighted by atomic mass is 10.0. The summed E-state index contributed by atoms with van der Waals surface area (Å²) >= 11 is 0.909. The molecule has 0 bridgehead atoms. The van der Waals surface area contributed by atoms with Crippen molar-refractivity contribution in [2.24, 2.45) is 5.92 Å². The minimum Gasteiger partial charge on any atom is -0.299 e. The fourth-order valence-electron chi connectivity index (χ4n) is 0.736. The Balaban J connectivity index is 4.47. The summed E-state index contributed by atoms with van der Waals surface area (Å²) in [6.07, 6.45) is 1.56. The summed E-state index contributed by atoms with van der Waals surface area (Å²) in [4.78, 5) is 32.4. The maximum atomic E-state index is 10.9. The molecule has 0 unspecified atom stereocenters. The van der Waals surface area contributed by atoms with E-state index in [1.54, 1.807) is 6.26 Å². The number of hydrogen-bond acceptors (Lipinski definition) is 4. The van der Waals surface area contributed by atoms with Crippen LogP contribution in [0.15, 0.2) is 0 Å². The molecule has 0 saturated heterocycles. The molecule has 62 valence electrons. The molecule has 4 heteroatoms. The van der Waals surface area contributed by atoms with Crippen LogP contribution in [-0.4, -0.2) is 22.9 Å². The van der Waals surface area contributed by atoms with Gasteiger partial charge >= 0.3 is 0 Å². The lowest BCUT2D eigenvalue weighted by Crippen LogP contribution is -2.26. The quantitative estimate of drug-likeness (QED) is 0.590. The van der Waals surface area contributed by atoms with Crippen molar-refractivity contribution < 1.29 is 14.4 Å². The number of carbonyl (C=O) groups is 3. The Kier molecular flexibility index (Phi) is 4.03. The number of ketones is 2. The van der Waals surface area contributed by atoms with Gasteiger partial charge in [-0.25, -0.2) is 0 Å². The minimum absolute atomic E-state index is 0.370. The van der Waals surface area contributed by atoms with E-state index in [0.717, 1.165) is 11.8 Å². The molecule has 3 nitrogen and oxygen atoms in total. The van der Waals surface area contributed by atoms with E-state index in [1.807, 2.05) is 0 Å². The van der Waals surface area contributed by atoms with E-state index in [9.17, 15) is 14.4 Å². The van der Waals surface area contributed by atoms with Crippen molar-refractivity contribution in [2.45, 2.75) is 13.8 Å². The predicted octanol–water partition coefficient (Wildman–Crippen LogP) is 0.670. The fraction of sp³-hybridized carbons (Fsp3) is 0.571. The van der Waals surface area contributed by atoms with Crippen molar-refractivity contribution in [3.63, 3.8) is 0 Å². The second-order valence-electron chi connectivity index (χ2n) is 2.18. The average molecular weight is 174 g/mol. The highest BCUT2D eigenvalue weighted by Gasteiger charge is 2.26. The Hall–Kier alpha value is -0.640. The first-order valence-electron chi connectivity index (χ1n) is 3.09. The molecule has 0 aromatic carbocycles. The standard InChI is InChI=1S/C7H10O3S/c1-4(8)6(5(2)9)7(10)11-3/h6H,1-3H3. The van der Waals surface area contributed by atoms with E-state index in [0.29, 0.717) is 0 Å². The maximum absolute atomic E-state index is 10.9. The summed E-state index contributed by atoms with van der Waals surface area (Å²) in [6.45, 7) is 2.50. The Labute approximate surface area is 69.5 Å². The summed E-state index contributed by atoms with van der Waals surface area (Å²) in [5.74, 6) is -1.81. The van der Waals surface area contributed by atoms with Gasteiger partial charge in [-0.3, -0.25) is 14.4 Å². The molecular formula is C7H10O3S. The molecule has 0 spiro atoms. The SMILES string of the molecule is CSC(=O)C(C(C)=O)C(C)=O. The average Bonchev–Trinajstić information content (AvgIpc) is 1.85. The van der Waals surface area contributed by atoms with Gasteiger partial charge in [0.05, 0.1) is 0 Å². The van der Waals surface area contributed by atoms with Gasteiger partial charge in [0.1, 0.15) is 17.5 Å². The first-order chi connectivity index (χ1) is 5.00. The Morgan fingerprint density at radius 1 is 1.09 bits per heavy atom. The van der Waals surface area contributed by atoms with E-state index in [-0.39, 0.29) is 16.7 Å². The van der Waals surface area contributed by atoms with Gasteiger partial charge in [-0.2, -0.15) is 0 Å². The molecule has 0 aliphatic rings. The monoisotopic (exact) mass is 174 g/mol. The van der Waals surface area contributed by atoms with Crippen LogP contribution in [0.5, 0.6) is 0 Å². The highest BCUT2D eigenvalue weighted by molar-refractivity contribution is 8.13. The molecule has 0 saturated carbocycles. The zero-order valence-corrected chi connectivity index (χ0v) is 7.53. The topological polar surface area (TPSA) is 51.2 Å². The lowest BCUT2D eigenvalue weighted by molar-refractivity contribution is -0.134. The van der Waals surface area contributed by atoms with E-state index in [2.05, 4.69) is 0 Å². The van der Waals surface area contributed by atoms with Crippen LogP contribution in [0.3, 0.4) is 0 Å². The molecule has 0 aromatic heterocycles. The number of hydrogen-bond donors (Lipinski definition) is 0. The van der Waals surface area contributed by atoms with E-state index in [4.69, 9.17) is 0 Å². The third kappa shape index (κ3) is 2.84. The number of Topliss-reactive ketones (excluding diaryl/α,β-unsaturated/α-hetero) is 2. The minimum atomic E-state index is -1.05. The van der Waals surface area contributed by atoms with Crippen molar-refractivity contribution >= 4 is 28.4 Å². The van der Waals surface area contributed by atoms with Gasteiger partial charge in [0.2, 0.25) is 5.12 Å². The van der Waals surface area contributed by atoms with Crippen molar-refractivity contribution in [1.29, 1.82) is 0 Å². The first kappa shape index (κ1) is 10.4. The highest BCUT2D eigenvalue weighted by atomic mass is 32.2. The lowest BCUT2D eigenvalue weighted by Gasteiger charge is -2.04. The van der Waals surface area contributed by atoms with Gasteiger partial charge in [0.15, 0.2) is 0 Å². The van der Waals surface area contributed by atoms with Crippen LogP contribution in [-0.2, 0) is 14.4 Å². The number of thioether (sulfide) groups is 1. The first-order valence-corrected chi connectivity index (χ1v) is 4.32. The van der Waals surface area contributed by atoms with Gasteiger partial charge in [-0.15, -0.1) is 0 Å². The van der Waals surface area contributed by atoms with Crippen LogP contribution in [0, 0.1) is 5.92 Å². The third-order valence-electron chi connectivity index (χ3n) is 1.25. The molecule has 0 rings (SSSR count). The zero-order valence-electron chi connectivity index (χ0n) is 6.71. The molecule has 0 N–H and O–H groups in total. The largest absolute Gasteiger partial charge is 0.299 e. The van der Waals surface area contributed by atoms with Gasteiger partial charge in [0.25, 0.3) is 0 Å². The summed E-state index contributed by atoms with van der Waals surface area (Å²) < 4.78 is 0. The van der Waals surface area contributed by atoms with Crippen LogP contribution in [0.1, 0.15) is 13.8 Å². The van der Waals surface area contributed by atoms with E-state index < -0.39 is 5.92 Å².